The SMILES string of the molecule is O=C(Cc1cccs1)N1CCCn2cc(-c3ccccc3F)nc21. The van der Waals surface area contributed by atoms with E-state index in [4.69, 9.17) is 0 Å². The molecular formula is C18H16FN3OS. The fourth-order valence-corrected chi connectivity index (χ4v) is 3.67. The second kappa shape index (κ2) is 6.20. The number of aromatic nitrogens is 2. The molecule has 2 aromatic heterocycles. The van der Waals surface area contributed by atoms with Gasteiger partial charge in [0.25, 0.3) is 0 Å². The second-order valence-corrected chi connectivity index (χ2v) is 6.79. The van der Waals surface area contributed by atoms with Crippen molar-refractivity contribution < 1.29 is 9.18 Å². The third-order valence-electron chi connectivity index (χ3n) is 4.13. The van der Waals surface area contributed by atoms with Crippen LogP contribution in [0.2, 0.25) is 0 Å². The Morgan fingerprint density at radius 2 is 2.08 bits per heavy atom. The summed E-state index contributed by atoms with van der Waals surface area (Å²) in [4.78, 5) is 19.9. The van der Waals surface area contributed by atoms with Gasteiger partial charge in [-0.2, -0.15) is 0 Å². The van der Waals surface area contributed by atoms with E-state index in [1.807, 2.05) is 28.3 Å². The Bertz CT molecular complexity index is 872. The van der Waals surface area contributed by atoms with Gasteiger partial charge >= 0.3 is 0 Å². The Morgan fingerprint density at radius 3 is 2.88 bits per heavy atom. The Balaban J connectivity index is 1.65. The number of benzene rings is 1. The summed E-state index contributed by atoms with van der Waals surface area (Å²) in [6.07, 6.45) is 3.08. The van der Waals surface area contributed by atoms with Crippen LogP contribution in [-0.4, -0.2) is 22.0 Å². The van der Waals surface area contributed by atoms with Crippen molar-refractivity contribution in [3.05, 3.63) is 58.7 Å². The van der Waals surface area contributed by atoms with Crippen LogP contribution in [0.3, 0.4) is 0 Å². The molecule has 0 saturated heterocycles. The van der Waals surface area contributed by atoms with Crippen molar-refractivity contribution in [2.45, 2.75) is 19.4 Å². The Labute approximate surface area is 143 Å². The van der Waals surface area contributed by atoms with Gasteiger partial charge in [-0.05, 0) is 30.0 Å². The summed E-state index contributed by atoms with van der Waals surface area (Å²) in [5.74, 6) is 0.342. The van der Waals surface area contributed by atoms with Crippen molar-refractivity contribution >= 4 is 23.2 Å². The Kier molecular flexibility index (Phi) is 3.90. The van der Waals surface area contributed by atoms with Gasteiger partial charge in [-0.3, -0.25) is 9.69 Å². The molecule has 24 heavy (non-hydrogen) atoms. The van der Waals surface area contributed by atoms with Crippen LogP contribution < -0.4 is 4.90 Å². The van der Waals surface area contributed by atoms with E-state index in [-0.39, 0.29) is 11.7 Å². The predicted octanol–water partition coefficient (Wildman–Crippen LogP) is 3.73. The minimum atomic E-state index is -0.301. The second-order valence-electron chi connectivity index (χ2n) is 5.75. The van der Waals surface area contributed by atoms with E-state index in [1.165, 1.54) is 6.07 Å². The highest BCUT2D eigenvalue weighted by Crippen LogP contribution is 2.28. The highest BCUT2D eigenvalue weighted by molar-refractivity contribution is 7.10. The molecule has 0 aliphatic carbocycles. The van der Waals surface area contributed by atoms with E-state index >= 15 is 0 Å². The molecule has 0 atom stereocenters. The molecule has 122 valence electrons. The fourth-order valence-electron chi connectivity index (χ4n) is 2.98. The third kappa shape index (κ3) is 2.73. The molecule has 0 saturated carbocycles. The number of nitrogens with zero attached hydrogens (tertiary/aromatic N) is 3. The van der Waals surface area contributed by atoms with Gasteiger partial charge in [-0.25, -0.2) is 9.37 Å². The van der Waals surface area contributed by atoms with Crippen LogP contribution in [0.25, 0.3) is 11.3 Å². The van der Waals surface area contributed by atoms with Crippen molar-refractivity contribution in [1.82, 2.24) is 9.55 Å². The molecule has 0 radical (unpaired) electrons. The number of fused-ring (bicyclic) bond motifs is 1. The normalized spacial score (nSPS) is 13.8. The number of rotatable bonds is 3. The maximum absolute atomic E-state index is 14.0. The van der Waals surface area contributed by atoms with Crippen LogP contribution in [0.4, 0.5) is 10.3 Å². The Hall–Kier alpha value is -2.47. The fraction of sp³-hybridized carbons (Fsp3) is 0.222. The van der Waals surface area contributed by atoms with Gasteiger partial charge in [0.15, 0.2) is 0 Å². The number of thiophene rings is 1. The van der Waals surface area contributed by atoms with Crippen molar-refractivity contribution in [2.75, 3.05) is 11.4 Å². The minimum absolute atomic E-state index is 0.0316. The molecule has 4 rings (SSSR count). The zero-order valence-electron chi connectivity index (χ0n) is 13.0. The summed E-state index contributed by atoms with van der Waals surface area (Å²) in [6, 6.07) is 10.5. The van der Waals surface area contributed by atoms with E-state index in [1.54, 1.807) is 34.4 Å². The molecule has 0 spiro atoms. The van der Waals surface area contributed by atoms with Crippen LogP contribution >= 0.6 is 11.3 Å². The number of hydrogen-bond acceptors (Lipinski definition) is 3. The van der Waals surface area contributed by atoms with Gasteiger partial charge in [-0.1, -0.05) is 18.2 Å². The largest absolute Gasteiger partial charge is 0.316 e. The smallest absolute Gasteiger partial charge is 0.234 e. The summed E-state index contributed by atoms with van der Waals surface area (Å²) in [7, 11) is 0. The zero-order chi connectivity index (χ0) is 16.5. The number of hydrogen-bond donors (Lipinski definition) is 0. The molecule has 1 amide bonds. The first-order valence-corrected chi connectivity index (χ1v) is 8.75. The molecule has 6 heteroatoms. The summed E-state index contributed by atoms with van der Waals surface area (Å²) >= 11 is 1.58. The lowest BCUT2D eigenvalue weighted by Gasteiger charge is -2.26. The van der Waals surface area contributed by atoms with E-state index in [0.29, 0.717) is 30.2 Å². The van der Waals surface area contributed by atoms with Crippen LogP contribution in [0.5, 0.6) is 0 Å². The monoisotopic (exact) mass is 341 g/mol. The topological polar surface area (TPSA) is 38.1 Å². The van der Waals surface area contributed by atoms with E-state index in [9.17, 15) is 9.18 Å². The molecule has 0 N–H and O–H groups in total. The third-order valence-corrected chi connectivity index (χ3v) is 5.01. The zero-order valence-corrected chi connectivity index (χ0v) is 13.8. The number of anilines is 1. The molecule has 0 fully saturated rings. The Morgan fingerprint density at radius 1 is 1.21 bits per heavy atom. The maximum Gasteiger partial charge on any atom is 0.234 e. The quantitative estimate of drug-likeness (QED) is 0.728. The van der Waals surface area contributed by atoms with Gasteiger partial charge in [0, 0.05) is 29.7 Å². The molecule has 3 heterocycles. The molecule has 0 unspecified atom stereocenters. The van der Waals surface area contributed by atoms with Gasteiger partial charge in [0.05, 0.1) is 12.1 Å². The lowest BCUT2D eigenvalue weighted by molar-refractivity contribution is -0.118. The lowest BCUT2D eigenvalue weighted by atomic mass is 10.1. The first-order valence-electron chi connectivity index (χ1n) is 7.87. The van der Waals surface area contributed by atoms with Crippen molar-refractivity contribution in [3.8, 4) is 11.3 Å². The number of aryl methyl sites for hydroxylation is 1. The number of amides is 1. The van der Waals surface area contributed by atoms with Crippen LogP contribution in [0.15, 0.2) is 48.0 Å². The lowest BCUT2D eigenvalue weighted by Crippen LogP contribution is -2.38. The maximum atomic E-state index is 14.0. The van der Waals surface area contributed by atoms with Gasteiger partial charge in [0.2, 0.25) is 11.9 Å². The van der Waals surface area contributed by atoms with E-state index in [2.05, 4.69) is 4.98 Å². The first-order chi connectivity index (χ1) is 11.7. The molecule has 0 bridgehead atoms. The number of carbonyl (C=O) groups excluding carboxylic acids is 1. The van der Waals surface area contributed by atoms with Gasteiger partial charge in [0.1, 0.15) is 5.82 Å². The first kappa shape index (κ1) is 15.1. The van der Waals surface area contributed by atoms with Crippen molar-refractivity contribution in [3.63, 3.8) is 0 Å². The molecule has 4 nitrogen and oxygen atoms in total. The van der Waals surface area contributed by atoms with Crippen LogP contribution in [0.1, 0.15) is 11.3 Å². The standard InChI is InChI=1S/C18H16FN3OS/c19-15-7-2-1-6-14(15)16-12-21-8-4-9-22(18(21)20-16)17(23)11-13-5-3-10-24-13/h1-3,5-7,10,12H,4,8-9,11H2. The average Bonchev–Trinajstić information content (AvgIpc) is 3.23. The van der Waals surface area contributed by atoms with Crippen molar-refractivity contribution in [1.29, 1.82) is 0 Å². The summed E-state index contributed by atoms with van der Waals surface area (Å²) in [5, 5.41) is 1.97. The minimum Gasteiger partial charge on any atom is -0.316 e. The molecule has 1 aliphatic rings. The van der Waals surface area contributed by atoms with Gasteiger partial charge in [-0.15, -0.1) is 11.3 Å². The van der Waals surface area contributed by atoms with Crippen LogP contribution in [0, 0.1) is 5.82 Å². The van der Waals surface area contributed by atoms with Crippen LogP contribution in [-0.2, 0) is 17.8 Å². The molecule has 1 aliphatic heterocycles. The highest BCUT2D eigenvalue weighted by Gasteiger charge is 2.26. The average molecular weight is 341 g/mol. The predicted molar refractivity (Wildman–Crippen MR) is 92.6 cm³/mol. The highest BCUT2D eigenvalue weighted by atomic mass is 32.1. The molecular weight excluding hydrogens is 325 g/mol. The number of imidazole rings is 1. The van der Waals surface area contributed by atoms with E-state index < -0.39 is 0 Å². The van der Waals surface area contributed by atoms with Gasteiger partial charge < -0.3 is 4.57 Å². The van der Waals surface area contributed by atoms with Crippen molar-refractivity contribution in [2.24, 2.45) is 0 Å². The molecule has 3 aromatic rings. The number of halogens is 1. The summed E-state index contributed by atoms with van der Waals surface area (Å²) in [6.45, 7) is 1.44. The summed E-state index contributed by atoms with van der Waals surface area (Å²) in [5.41, 5.74) is 1.03. The van der Waals surface area contributed by atoms with E-state index in [0.717, 1.165) is 17.8 Å². The number of carbonyl (C=O) groups is 1. The summed E-state index contributed by atoms with van der Waals surface area (Å²) < 4.78 is 16.0. The molecule has 1 aromatic carbocycles.